The first kappa shape index (κ1) is 25.3. The van der Waals surface area contributed by atoms with Gasteiger partial charge in [0.25, 0.3) is 0 Å². The largest absolute Gasteiger partial charge is 0.465 e. The molecule has 3 aliphatic rings. The molecule has 1 aliphatic carbocycles. The first-order chi connectivity index (χ1) is 19.7. The minimum absolute atomic E-state index is 0.323. The Morgan fingerprint density at radius 1 is 1.02 bits per heavy atom. The van der Waals surface area contributed by atoms with E-state index in [9.17, 15) is 4.79 Å². The van der Waals surface area contributed by atoms with Gasteiger partial charge in [-0.15, -0.1) is 10.2 Å². The highest BCUT2D eigenvalue weighted by molar-refractivity contribution is 6.01. The number of methoxy groups -OCH3 is 1. The average molecular weight is 538 g/mol. The molecule has 2 aromatic carbocycles. The van der Waals surface area contributed by atoms with Crippen molar-refractivity contribution < 1.29 is 18.7 Å². The van der Waals surface area contributed by atoms with Crippen LogP contribution in [0.3, 0.4) is 0 Å². The fourth-order valence-electron chi connectivity index (χ4n) is 6.92. The van der Waals surface area contributed by atoms with Crippen LogP contribution in [0.5, 0.6) is 0 Å². The van der Waals surface area contributed by atoms with Gasteiger partial charge in [-0.2, -0.15) is 0 Å². The summed E-state index contributed by atoms with van der Waals surface area (Å²) in [6.45, 7) is 2.18. The summed E-state index contributed by atoms with van der Waals surface area (Å²) in [6.07, 6.45) is 11.2. The number of aromatic nitrogens is 3. The van der Waals surface area contributed by atoms with E-state index in [0.717, 1.165) is 49.1 Å². The van der Waals surface area contributed by atoms with Crippen LogP contribution >= 0.6 is 0 Å². The smallest absolute Gasteiger partial charge is 0.337 e. The van der Waals surface area contributed by atoms with Gasteiger partial charge in [-0.25, -0.2) is 4.79 Å². The first-order valence-electron chi connectivity index (χ1n) is 14.6. The monoisotopic (exact) mass is 537 g/mol. The van der Waals surface area contributed by atoms with Crippen LogP contribution in [0.1, 0.15) is 84.1 Å². The van der Waals surface area contributed by atoms with Gasteiger partial charge in [-0.3, -0.25) is 0 Å². The molecule has 7 heteroatoms. The fraction of sp³-hybridized carbons (Fsp3) is 0.424. The Morgan fingerprint density at radius 3 is 2.67 bits per heavy atom. The molecule has 0 spiro atoms. The second kappa shape index (κ2) is 10.7. The van der Waals surface area contributed by atoms with E-state index in [1.165, 1.54) is 61.4 Å². The number of fused-ring (bicyclic) bond motifs is 5. The molecule has 7 rings (SSSR count). The van der Waals surface area contributed by atoms with Crippen LogP contribution in [-0.2, 0) is 22.4 Å². The van der Waals surface area contributed by atoms with Gasteiger partial charge in [-0.05, 0) is 66.9 Å². The second-order valence-corrected chi connectivity index (χ2v) is 11.4. The predicted molar refractivity (Wildman–Crippen MR) is 154 cm³/mol. The second-order valence-electron chi connectivity index (χ2n) is 11.4. The van der Waals surface area contributed by atoms with Crippen molar-refractivity contribution in [3.63, 3.8) is 0 Å². The van der Waals surface area contributed by atoms with Crippen LogP contribution < -0.4 is 0 Å². The Balaban J connectivity index is 1.37. The van der Waals surface area contributed by atoms with E-state index in [2.05, 4.69) is 51.2 Å². The number of carbonyl (C=O) groups excluding carboxylic acids is 1. The van der Waals surface area contributed by atoms with E-state index in [0.29, 0.717) is 35.7 Å². The Bertz CT molecular complexity index is 1580. The summed E-state index contributed by atoms with van der Waals surface area (Å²) >= 11 is 0. The van der Waals surface area contributed by atoms with E-state index in [1.54, 1.807) is 0 Å². The summed E-state index contributed by atoms with van der Waals surface area (Å²) in [6, 6.07) is 14.6. The van der Waals surface area contributed by atoms with Crippen LogP contribution in [0, 0.1) is 5.92 Å². The van der Waals surface area contributed by atoms with Gasteiger partial charge in [0.2, 0.25) is 11.8 Å². The van der Waals surface area contributed by atoms with E-state index >= 15 is 0 Å². The van der Waals surface area contributed by atoms with Gasteiger partial charge < -0.3 is 18.5 Å². The molecular formula is C33H35N3O4. The molecule has 2 aliphatic heterocycles. The Kier molecular flexibility index (Phi) is 6.76. The number of allylic oxidation sites excluding steroid dienone is 1. The maximum absolute atomic E-state index is 12.6. The summed E-state index contributed by atoms with van der Waals surface area (Å²) in [5.74, 6) is 1.93. The predicted octanol–water partition coefficient (Wildman–Crippen LogP) is 7.05. The number of benzene rings is 2. The maximum atomic E-state index is 12.6. The molecule has 0 radical (unpaired) electrons. The van der Waals surface area contributed by atoms with Gasteiger partial charge >= 0.3 is 5.97 Å². The minimum atomic E-state index is -0.323. The van der Waals surface area contributed by atoms with Gasteiger partial charge in [0.05, 0.1) is 24.9 Å². The van der Waals surface area contributed by atoms with E-state index in [-0.39, 0.29) is 5.97 Å². The minimum Gasteiger partial charge on any atom is -0.465 e. The lowest BCUT2D eigenvalue weighted by molar-refractivity contribution is 0.0600. The van der Waals surface area contributed by atoms with Crippen molar-refractivity contribution in [3.8, 4) is 11.3 Å². The van der Waals surface area contributed by atoms with Gasteiger partial charge in [0, 0.05) is 41.7 Å². The highest BCUT2D eigenvalue weighted by atomic mass is 16.5. The van der Waals surface area contributed by atoms with Crippen LogP contribution in [0.25, 0.3) is 33.8 Å². The molecule has 2 fully saturated rings. The lowest BCUT2D eigenvalue weighted by Gasteiger charge is -2.24. The zero-order valence-corrected chi connectivity index (χ0v) is 23.0. The summed E-state index contributed by atoms with van der Waals surface area (Å²) < 4.78 is 19.3. The molecule has 0 bridgehead atoms. The third-order valence-electron chi connectivity index (χ3n) is 8.96. The average Bonchev–Trinajstić information content (AvgIpc) is 3.55. The Hall–Kier alpha value is -3.71. The third kappa shape index (κ3) is 4.56. The van der Waals surface area contributed by atoms with Crippen molar-refractivity contribution in [3.05, 3.63) is 70.9 Å². The number of nitrogens with zero attached hydrogens (tertiary/aromatic N) is 3. The molecule has 1 saturated carbocycles. The number of ether oxygens (including phenoxy) is 2. The van der Waals surface area contributed by atoms with Gasteiger partial charge in [-0.1, -0.05) is 49.6 Å². The molecule has 0 amide bonds. The summed E-state index contributed by atoms with van der Waals surface area (Å²) in [5, 5.41) is 10.2. The van der Waals surface area contributed by atoms with Crippen molar-refractivity contribution in [2.24, 2.45) is 5.92 Å². The number of rotatable bonds is 5. The highest BCUT2D eigenvalue weighted by Crippen LogP contribution is 2.47. The lowest BCUT2D eigenvalue weighted by atomic mass is 9.81. The molecule has 206 valence electrons. The maximum Gasteiger partial charge on any atom is 0.337 e. The Morgan fingerprint density at radius 2 is 1.85 bits per heavy atom. The van der Waals surface area contributed by atoms with Crippen LogP contribution in [0.15, 0.2) is 46.9 Å². The SMILES string of the molecule is COC(=O)c1ccc2c(C3CCCCC3)c3n(c2c1)CC(c1nnc(CC2CCOCC2)o1)=Cc1ccccc1-3. The number of esters is 1. The zero-order chi connectivity index (χ0) is 27.1. The molecule has 4 heterocycles. The van der Waals surface area contributed by atoms with Crippen LogP contribution in [0.4, 0.5) is 0 Å². The van der Waals surface area contributed by atoms with Gasteiger partial charge in [0.15, 0.2) is 0 Å². The number of carbonyl (C=O) groups is 1. The summed E-state index contributed by atoms with van der Waals surface area (Å²) in [5.41, 5.74) is 7.58. The molecule has 0 unspecified atom stereocenters. The molecule has 7 nitrogen and oxygen atoms in total. The zero-order valence-electron chi connectivity index (χ0n) is 23.0. The quantitative estimate of drug-likeness (QED) is 0.254. The Labute approximate surface area is 234 Å². The summed E-state index contributed by atoms with van der Waals surface area (Å²) in [7, 11) is 1.43. The van der Waals surface area contributed by atoms with Crippen LogP contribution in [-0.4, -0.2) is 41.1 Å². The fourth-order valence-corrected chi connectivity index (χ4v) is 6.92. The van der Waals surface area contributed by atoms with Gasteiger partial charge in [0.1, 0.15) is 0 Å². The molecule has 0 N–H and O–H groups in total. The standard InChI is InChI=1S/C33H35N3O4/c1-38-33(37)24-11-12-27-28(19-24)36-20-25(32-35-34-29(40-32)17-21-13-15-39-16-14-21)18-23-9-5-6-10-26(23)31(36)30(27)22-7-3-2-4-8-22/h5-6,9-12,18-19,21-22H,2-4,7-8,13-17,20H2,1H3. The molecule has 40 heavy (non-hydrogen) atoms. The first-order valence-corrected chi connectivity index (χ1v) is 14.6. The molecular weight excluding hydrogens is 502 g/mol. The van der Waals surface area contributed by atoms with Crippen molar-refractivity contribution in [2.75, 3.05) is 20.3 Å². The van der Waals surface area contributed by atoms with E-state index in [1.807, 2.05) is 12.1 Å². The molecule has 1 saturated heterocycles. The number of hydrogen-bond donors (Lipinski definition) is 0. The normalized spacial score (nSPS) is 18.2. The third-order valence-corrected chi connectivity index (χ3v) is 8.96. The lowest BCUT2D eigenvalue weighted by Crippen LogP contribution is -2.17. The van der Waals surface area contributed by atoms with Crippen molar-refractivity contribution in [1.82, 2.24) is 14.8 Å². The topological polar surface area (TPSA) is 79.4 Å². The van der Waals surface area contributed by atoms with E-state index in [4.69, 9.17) is 13.9 Å². The van der Waals surface area contributed by atoms with Crippen LogP contribution in [0.2, 0.25) is 0 Å². The molecule has 0 atom stereocenters. The van der Waals surface area contributed by atoms with Crippen molar-refractivity contribution in [2.45, 2.75) is 63.8 Å². The molecule has 2 aromatic heterocycles. The van der Waals surface area contributed by atoms with Crippen molar-refractivity contribution in [1.29, 1.82) is 0 Å². The van der Waals surface area contributed by atoms with Crippen molar-refractivity contribution >= 4 is 28.5 Å². The summed E-state index contributed by atoms with van der Waals surface area (Å²) in [4.78, 5) is 12.6. The van der Waals surface area contributed by atoms with E-state index < -0.39 is 0 Å². The molecule has 4 aromatic rings. The highest BCUT2D eigenvalue weighted by Gasteiger charge is 2.30. The number of hydrogen-bond acceptors (Lipinski definition) is 6.